The van der Waals surface area contributed by atoms with E-state index in [-0.39, 0.29) is 51.3 Å². The van der Waals surface area contributed by atoms with E-state index in [1.807, 2.05) is 0 Å². The summed E-state index contributed by atoms with van der Waals surface area (Å²) in [5.41, 5.74) is 0. The molecule has 0 aliphatic rings. The molecule has 48 valence electrons. The molecule has 0 heterocycles. The molecule has 1 N–H and O–H groups in total. The maximum absolute atomic E-state index is 10.4. The van der Waals surface area contributed by atoms with Gasteiger partial charge in [0.2, 0.25) is 0 Å². The maximum atomic E-state index is 10.4. The molecule has 0 saturated heterocycles. The van der Waals surface area contributed by atoms with Crippen molar-refractivity contribution in [2.45, 2.75) is 0 Å². The molecular formula is H3F2LiNaO4P. The molecule has 0 atom stereocenters. The smallest absolute Gasteiger partial charge is 1.00 e. The first kappa shape index (κ1) is 16.9. The molecule has 0 saturated carbocycles. The van der Waals surface area contributed by atoms with E-state index in [0.717, 1.165) is 0 Å². The maximum Gasteiger partial charge on any atom is 1.00 e. The van der Waals surface area contributed by atoms with Gasteiger partial charge >= 0.3 is 56.2 Å². The van der Waals surface area contributed by atoms with Gasteiger partial charge in [0, 0.05) is 0 Å². The number of rotatable bonds is 2. The number of halogens is 2. The molecule has 0 radical (unpaired) electrons. The Labute approximate surface area is 86.8 Å². The van der Waals surface area contributed by atoms with Crippen LogP contribution in [0.1, 0.15) is 2.85 Å². The van der Waals surface area contributed by atoms with E-state index in [1.165, 1.54) is 0 Å². The summed E-state index contributed by atoms with van der Waals surface area (Å²) < 4.78 is 34.3. The van der Waals surface area contributed by atoms with Crippen LogP contribution in [0.4, 0.5) is 9.05 Å². The van der Waals surface area contributed by atoms with Crippen LogP contribution in [0, 0.1) is 0 Å². The van der Waals surface area contributed by atoms with Crippen molar-refractivity contribution in [3.63, 3.8) is 0 Å². The normalized spacial score (nSPS) is 9.22. The minimum atomic E-state index is -4.99. The van der Waals surface area contributed by atoms with Crippen molar-refractivity contribution in [1.29, 1.82) is 0 Å². The summed E-state index contributed by atoms with van der Waals surface area (Å²) in [5.74, 6) is 0. The van der Waals surface area contributed by atoms with Crippen LogP contribution in [-0.4, -0.2) is 4.89 Å². The van der Waals surface area contributed by atoms with Gasteiger partial charge in [0.05, 0.1) is 0 Å². The molecule has 4 nitrogen and oxygen atoms in total. The van der Waals surface area contributed by atoms with Gasteiger partial charge in [0.25, 0.3) is 0 Å². The molecule has 0 aromatic rings. The van der Waals surface area contributed by atoms with E-state index in [0.29, 0.717) is 0 Å². The second-order valence-corrected chi connectivity index (χ2v) is 1.82. The average molecular weight is 166 g/mol. The van der Waals surface area contributed by atoms with Crippen LogP contribution < -0.4 is 48.4 Å². The molecule has 0 aliphatic carbocycles. The largest absolute Gasteiger partial charge is 1.00 e. The Morgan fingerprint density at radius 3 is 1.67 bits per heavy atom. The fraction of sp³-hybridized carbons (Fsp3) is 0. The van der Waals surface area contributed by atoms with Crippen LogP contribution >= 0.6 is 7.82 Å². The van der Waals surface area contributed by atoms with Gasteiger partial charge < -0.3 is 2.85 Å². The predicted octanol–water partition coefficient (Wildman–Crippen LogP) is -4.88. The van der Waals surface area contributed by atoms with Crippen molar-refractivity contribution >= 4 is 7.82 Å². The molecule has 0 aliphatic heterocycles. The van der Waals surface area contributed by atoms with Gasteiger partial charge in [-0.1, -0.05) is 9.46 Å². The third-order valence-electron chi connectivity index (χ3n) is 0.174. The second-order valence-electron chi connectivity index (χ2n) is 0.607. The zero-order valence-electron chi connectivity index (χ0n) is 6.88. The average Bonchev–Trinajstić information content (AvgIpc) is 1.68. The van der Waals surface area contributed by atoms with Crippen LogP contribution in [0.25, 0.3) is 0 Å². The van der Waals surface area contributed by atoms with Crippen LogP contribution in [-0.2, 0) is 14.0 Å². The summed E-state index contributed by atoms with van der Waals surface area (Å²) in [6.45, 7) is 0. The van der Waals surface area contributed by atoms with Gasteiger partial charge in [-0.05, 0) is 9.05 Å². The summed E-state index contributed by atoms with van der Waals surface area (Å²) in [5, 5.41) is 0. The Balaban J connectivity index is -0.0000000300. The number of hydrogen-bond donors (Lipinski definition) is 1. The van der Waals surface area contributed by atoms with Crippen LogP contribution in [0.15, 0.2) is 0 Å². The van der Waals surface area contributed by atoms with Crippen molar-refractivity contribution in [3.8, 4) is 0 Å². The van der Waals surface area contributed by atoms with Crippen molar-refractivity contribution in [3.05, 3.63) is 0 Å². The van der Waals surface area contributed by atoms with Gasteiger partial charge in [-0.25, -0.2) is 4.57 Å². The van der Waals surface area contributed by atoms with E-state index >= 15 is 0 Å². The first-order valence-electron chi connectivity index (χ1n) is 1.06. The zero-order chi connectivity index (χ0) is 5.91. The standard InChI is InChI=1S/F2HO4P.Li.Na.2H/c1-5-7(3,4)6-2;;;;/h(H,3,4);;;;/q;2*+1;2*-1. The van der Waals surface area contributed by atoms with Crippen LogP contribution in [0.2, 0.25) is 0 Å². The molecule has 0 fully saturated rings. The molecule has 0 rings (SSSR count). The van der Waals surface area contributed by atoms with Crippen molar-refractivity contribution in [2.75, 3.05) is 0 Å². The first-order valence-corrected chi connectivity index (χ1v) is 2.55. The van der Waals surface area contributed by atoms with Gasteiger partial charge in [0.1, 0.15) is 0 Å². The van der Waals surface area contributed by atoms with Gasteiger partial charge in [0.15, 0.2) is 0 Å². The molecule has 0 amide bonds. The summed E-state index contributed by atoms with van der Waals surface area (Å²) >= 11 is 0. The van der Waals surface area contributed by atoms with Crippen LogP contribution in [0.3, 0.4) is 0 Å². The van der Waals surface area contributed by atoms with Gasteiger partial charge in [-0.3, -0.25) is 4.89 Å². The van der Waals surface area contributed by atoms with E-state index < -0.39 is 7.82 Å². The fourth-order valence-corrected chi connectivity index (χ4v) is 0.0319. The molecule has 0 aromatic carbocycles. The van der Waals surface area contributed by atoms with Gasteiger partial charge in [-0.2, -0.15) is 0 Å². The minimum absolute atomic E-state index is 0. The molecule has 9 heteroatoms. The summed E-state index contributed by atoms with van der Waals surface area (Å²) in [4.78, 5) is 7.49. The SMILES string of the molecule is O=P(O)(OF)OF.[H-].[H-].[Li+].[Na+]. The Bertz CT molecular complexity index is 98.1. The van der Waals surface area contributed by atoms with Gasteiger partial charge in [-0.15, -0.1) is 0 Å². The van der Waals surface area contributed by atoms with Crippen LogP contribution in [0.5, 0.6) is 0 Å². The number of hydrogen-bond acceptors (Lipinski definition) is 3. The molecule has 0 spiro atoms. The Kier molecular flexibility index (Phi) is 14.4. The molecule has 0 unspecified atom stereocenters. The number of phosphoric acid groups is 1. The predicted molar refractivity (Wildman–Crippen MR) is 16.4 cm³/mol. The van der Waals surface area contributed by atoms with Crippen molar-refractivity contribution in [1.82, 2.24) is 0 Å². The molecule has 0 bridgehead atoms. The third-order valence-corrected chi connectivity index (χ3v) is 0.523. The quantitative estimate of drug-likeness (QED) is 0.330. The Morgan fingerprint density at radius 2 is 1.67 bits per heavy atom. The van der Waals surface area contributed by atoms with E-state index in [4.69, 9.17) is 4.89 Å². The van der Waals surface area contributed by atoms with E-state index in [1.54, 1.807) is 0 Å². The Hall–Kier alpha value is 1.57. The topological polar surface area (TPSA) is 55.8 Å². The summed E-state index contributed by atoms with van der Waals surface area (Å²) in [7, 11) is -4.99. The van der Waals surface area contributed by atoms with E-state index in [9.17, 15) is 13.6 Å². The molecule has 0 aromatic heterocycles. The minimum Gasteiger partial charge on any atom is -1.00 e. The zero-order valence-corrected chi connectivity index (χ0v) is 7.77. The first-order chi connectivity index (χ1) is 3.12. The van der Waals surface area contributed by atoms with Crippen molar-refractivity contribution < 1.29 is 79.2 Å². The summed E-state index contributed by atoms with van der Waals surface area (Å²) in [6.07, 6.45) is 0. The molecule has 9 heavy (non-hydrogen) atoms. The second kappa shape index (κ2) is 7.67. The Morgan fingerprint density at radius 1 is 1.44 bits per heavy atom. The summed E-state index contributed by atoms with van der Waals surface area (Å²) in [6, 6.07) is 0. The van der Waals surface area contributed by atoms with Crippen molar-refractivity contribution in [2.24, 2.45) is 0 Å². The fourth-order valence-electron chi connectivity index (χ4n) is 0.0106. The monoisotopic (exact) mass is 166 g/mol. The van der Waals surface area contributed by atoms with E-state index in [2.05, 4.69) is 9.46 Å². The third kappa shape index (κ3) is 9.57. The molecular weight excluding hydrogens is 163 g/mol.